The van der Waals surface area contributed by atoms with Gasteiger partial charge in [-0.25, -0.2) is 0 Å². The highest BCUT2D eigenvalue weighted by Crippen LogP contribution is 2.27. The van der Waals surface area contributed by atoms with Crippen LogP contribution in [0.5, 0.6) is 0 Å². The van der Waals surface area contributed by atoms with Crippen LogP contribution in [0.2, 0.25) is 0 Å². The van der Waals surface area contributed by atoms with Crippen LogP contribution in [-0.4, -0.2) is 40.7 Å². The van der Waals surface area contributed by atoms with Crippen LogP contribution in [0.3, 0.4) is 0 Å². The lowest BCUT2D eigenvalue weighted by atomic mass is 10.2. The Labute approximate surface area is 158 Å². The molecule has 27 heavy (non-hydrogen) atoms. The average Bonchev–Trinajstić information content (AvgIpc) is 3.35. The fourth-order valence-electron chi connectivity index (χ4n) is 3.16. The number of benzene rings is 1. The second-order valence-electron chi connectivity index (χ2n) is 6.25. The van der Waals surface area contributed by atoms with E-state index >= 15 is 0 Å². The first-order valence-corrected chi connectivity index (χ1v) is 9.23. The molecule has 0 unspecified atom stereocenters. The summed E-state index contributed by atoms with van der Waals surface area (Å²) in [7, 11) is 0. The molecule has 0 fully saturated rings. The number of fused-ring (bicyclic) bond motifs is 1. The molecule has 0 spiro atoms. The van der Waals surface area contributed by atoms with Crippen LogP contribution in [0.25, 0.3) is 11.6 Å². The van der Waals surface area contributed by atoms with Crippen LogP contribution >= 0.6 is 0 Å². The molecule has 3 heterocycles. The molecule has 0 aliphatic carbocycles. The molecule has 0 saturated heterocycles. The van der Waals surface area contributed by atoms with Gasteiger partial charge in [0.1, 0.15) is 5.69 Å². The molecule has 2 aromatic heterocycles. The Balaban J connectivity index is 1.44. The number of pyridine rings is 1. The van der Waals surface area contributed by atoms with Gasteiger partial charge >= 0.3 is 0 Å². The number of para-hydroxylation sites is 1. The zero-order valence-electron chi connectivity index (χ0n) is 15.3. The van der Waals surface area contributed by atoms with E-state index in [1.54, 1.807) is 6.20 Å². The van der Waals surface area contributed by atoms with E-state index in [0.717, 1.165) is 25.5 Å². The van der Waals surface area contributed by atoms with E-state index in [9.17, 15) is 0 Å². The number of nitrogens with zero attached hydrogens (tertiary/aromatic N) is 5. The van der Waals surface area contributed by atoms with Gasteiger partial charge in [0.15, 0.2) is 11.8 Å². The van der Waals surface area contributed by atoms with Gasteiger partial charge in [0.25, 0.3) is 5.89 Å². The normalized spacial score (nSPS) is 13.7. The van der Waals surface area contributed by atoms with Gasteiger partial charge in [-0.2, -0.15) is 4.98 Å². The molecule has 4 rings (SSSR count). The molecule has 7 nitrogen and oxygen atoms in total. The average molecular weight is 362 g/mol. The number of aromatic nitrogens is 3. The third-order valence-electron chi connectivity index (χ3n) is 4.43. The third-order valence-corrected chi connectivity index (χ3v) is 4.43. The molecule has 1 aliphatic rings. The van der Waals surface area contributed by atoms with Crippen LogP contribution in [0, 0.1) is 0 Å². The van der Waals surface area contributed by atoms with Gasteiger partial charge in [-0.3, -0.25) is 9.98 Å². The highest BCUT2D eigenvalue weighted by atomic mass is 16.5. The third kappa shape index (κ3) is 3.81. The number of guanidine groups is 1. The number of rotatable bonds is 5. The van der Waals surface area contributed by atoms with Gasteiger partial charge in [-0.05, 0) is 37.1 Å². The Morgan fingerprint density at radius 1 is 1.22 bits per heavy atom. The summed E-state index contributed by atoms with van der Waals surface area (Å²) >= 11 is 0. The van der Waals surface area contributed by atoms with Gasteiger partial charge in [0, 0.05) is 37.9 Å². The van der Waals surface area contributed by atoms with Gasteiger partial charge in [-0.15, -0.1) is 0 Å². The molecule has 1 aromatic carbocycles. The van der Waals surface area contributed by atoms with Crippen LogP contribution < -0.4 is 10.2 Å². The van der Waals surface area contributed by atoms with Crippen molar-refractivity contribution in [3.05, 3.63) is 60.0 Å². The molecule has 0 amide bonds. The topological polar surface area (TPSA) is 79.4 Å². The van der Waals surface area contributed by atoms with E-state index in [1.165, 1.54) is 11.3 Å². The minimum absolute atomic E-state index is 0.440. The Bertz CT molecular complexity index is 921. The maximum atomic E-state index is 5.30. The predicted molar refractivity (Wildman–Crippen MR) is 105 cm³/mol. The van der Waals surface area contributed by atoms with E-state index in [-0.39, 0.29) is 0 Å². The largest absolute Gasteiger partial charge is 0.356 e. The van der Waals surface area contributed by atoms with E-state index in [4.69, 9.17) is 9.52 Å². The minimum atomic E-state index is 0.440. The lowest BCUT2D eigenvalue weighted by molar-refractivity contribution is 0.421. The molecule has 1 N–H and O–H groups in total. The minimum Gasteiger partial charge on any atom is -0.356 e. The Morgan fingerprint density at radius 2 is 2.11 bits per heavy atom. The zero-order chi connectivity index (χ0) is 18.5. The Hall–Kier alpha value is -3.22. The van der Waals surface area contributed by atoms with Gasteiger partial charge < -0.3 is 14.7 Å². The fraction of sp³-hybridized carbons (Fsp3) is 0.300. The van der Waals surface area contributed by atoms with Crippen LogP contribution in [0.1, 0.15) is 18.3 Å². The first-order chi connectivity index (χ1) is 13.3. The second-order valence-corrected chi connectivity index (χ2v) is 6.25. The smallest absolute Gasteiger partial charge is 0.276 e. The summed E-state index contributed by atoms with van der Waals surface area (Å²) in [4.78, 5) is 15.7. The van der Waals surface area contributed by atoms with Crippen molar-refractivity contribution in [2.75, 3.05) is 24.5 Å². The van der Waals surface area contributed by atoms with Crippen molar-refractivity contribution in [3.8, 4) is 11.6 Å². The monoisotopic (exact) mass is 362 g/mol. The van der Waals surface area contributed by atoms with Crippen LogP contribution in [0.4, 0.5) is 5.69 Å². The lowest BCUT2D eigenvalue weighted by Crippen LogP contribution is -2.40. The molecular weight excluding hydrogens is 340 g/mol. The van der Waals surface area contributed by atoms with E-state index < -0.39 is 0 Å². The van der Waals surface area contributed by atoms with Crippen molar-refractivity contribution in [1.82, 2.24) is 20.4 Å². The van der Waals surface area contributed by atoms with Crippen molar-refractivity contribution in [2.24, 2.45) is 4.99 Å². The van der Waals surface area contributed by atoms with E-state index in [0.29, 0.717) is 30.4 Å². The molecule has 138 valence electrons. The predicted octanol–water partition coefficient (Wildman–Crippen LogP) is 2.70. The van der Waals surface area contributed by atoms with Gasteiger partial charge in [0.05, 0.1) is 0 Å². The Kier molecular flexibility index (Phi) is 5.09. The first-order valence-electron chi connectivity index (χ1n) is 9.23. The van der Waals surface area contributed by atoms with Crippen LogP contribution in [-0.2, 0) is 12.8 Å². The SMILES string of the molecule is CCNC(=NCCc1noc(-c2ccccn2)n1)N1CCc2ccccc21. The summed E-state index contributed by atoms with van der Waals surface area (Å²) < 4.78 is 5.30. The van der Waals surface area contributed by atoms with Crippen molar-refractivity contribution in [1.29, 1.82) is 0 Å². The maximum Gasteiger partial charge on any atom is 0.276 e. The van der Waals surface area contributed by atoms with Gasteiger partial charge in [0.2, 0.25) is 0 Å². The summed E-state index contributed by atoms with van der Waals surface area (Å²) in [5.41, 5.74) is 3.28. The Morgan fingerprint density at radius 3 is 2.96 bits per heavy atom. The molecular formula is C20H22N6O. The van der Waals surface area contributed by atoms with Crippen molar-refractivity contribution < 1.29 is 4.52 Å². The van der Waals surface area contributed by atoms with Crippen molar-refractivity contribution in [3.63, 3.8) is 0 Å². The number of aliphatic imine (C=N–C) groups is 1. The summed E-state index contributed by atoms with van der Waals surface area (Å²) in [6.07, 6.45) is 3.36. The summed E-state index contributed by atoms with van der Waals surface area (Å²) in [6, 6.07) is 14.1. The number of anilines is 1. The van der Waals surface area contributed by atoms with Crippen LogP contribution in [0.15, 0.2) is 58.2 Å². The molecule has 7 heteroatoms. The molecule has 0 saturated carbocycles. The van der Waals surface area contributed by atoms with E-state index in [2.05, 4.69) is 56.5 Å². The molecule has 0 bridgehead atoms. The number of nitrogens with one attached hydrogen (secondary N) is 1. The molecule has 1 aliphatic heterocycles. The first kappa shape index (κ1) is 17.2. The molecule has 0 atom stereocenters. The van der Waals surface area contributed by atoms with Crippen molar-refractivity contribution in [2.45, 2.75) is 19.8 Å². The number of hydrogen-bond donors (Lipinski definition) is 1. The second kappa shape index (κ2) is 7.99. The quantitative estimate of drug-likeness (QED) is 0.555. The summed E-state index contributed by atoms with van der Waals surface area (Å²) in [5, 5.41) is 7.42. The standard InChI is InChI=1S/C20H22N6O/c1-2-21-20(26-14-11-15-7-3-4-9-17(15)26)23-13-10-18-24-19(27-25-18)16-8-5-6-12-22-16/h3-9,12H,2,10-11,13-14H2,1H3,(H,21,23). The highest BCUT2D eigenvalue weighted by Gasteiger charge is 2.22. The zero-order valence-corrected chi connectivity index (χ0v) is 15.3. The lowest BCUT2D eigenvalue weighted by Gasteiger charge is -2.22. The molecule has 0 radical (unpaired) electrons. The van der Waals surface area contributed by atoms with Gasteiger partial charge in [-0.1, -0.05) is 29.4 Å². The summed E-state index contributed by atoms with van der Waals surface area (Å²) in [5.74, 6) is 1.97. The van der Waals surface area contributed by atoms with Crippen molar-refractivity contribution >= 4 is 11.6 Å². The fourth-order valence-corrected chi connectivity index (χ4v) is 3.16. The summed E-state index contributed by atoms with van der Waals surface area (Å²) in [6.45, 7) is 4.43. The van der Waals surface area contributed by atoms with E-state index in [1.807, 2.05) is 18.2 Å². The maximum absolute atomic E-state index is 5.30. The highest BCUT2D eigenvalue weighted by molar-refractivity contribution is 5.97. The molecule has 3 aromatic rings. The number of hydrogen-bond acceptors (Lipinski definition) is 5.